The lowest BCUT2D eigenvalue weighted by atomic mass is 10.1. The first-order valence-corrected chi connectivity index (χ1v) is 13.0. The number of hydrogen-bond acceptors (Lipinski definition) is 2. The fourth-order valence-electron chi connectivity index (χ4n) is 3.94. The molecule has 0 spiro atoms. The second-order valence-electron chi connectivity index (χ2n) is 7.95. The Bertz CT molecular complexity index is 1670. The minimum absolute atomic E-state index is 0. The summed E-state index contributed by atoms with van der Waals surface area (Å²) in [6, 6.07) is 28.6. The van der Waals surface area contributed by atoms with E-state index in [-0.39, 0.29) is 18.9 Å². The van der Waals surface area contributed by atoms with E-state index < -0.39 is 7.15 Å². The number of para-hydroxylation sites is 2. The average molecular weight is 662 g/mol. The molecule has 4 N–H and O–H groups in total. The average Bonchev–Trinajstić information content (AvgIpc) is 3.49. The largest absolute Gasteiger partial charge is 0.507 e. The van der Waals surface area contributed by atoms with Crippen LogP contribution in [0.25, 0.3) is 44.3 Å². The van der Waals surface area contributed by atoms with Gasteiger partial charge in [0, 0.05) is 41.9 Å². The Hall–Kier alpha value is -3.26. The number of aromatic hydroxyl groups is 2. The fraction of sp³-hybridized carbons (Fsp3) is 0.0667. The van der Waals surface area contributed by atoms with Crippen molar-refractivity contribution in [1.82, 2.24) is 9.97 Å². The number of phenols is 2. The van der Waals surface area contributed by atoms with Gasteiger partial charge in [-0.25, -0.2) is 0 Å². The SMILES string of the molecule is C.Oc1ccc(Br)cc1-c1[nH]c2ccccc2c1Cl.Oc1ccc(Br)cc1-c1cc2ccccc2[nH]1.[2H]CF. The number of alkyl halides is 1. The predicted octanol–water partition coefficient (Wildman–Crippen LogP) is 10.5. The van der Waals surface area contributed by atoms with Crippen LogP contribution in [0.4, 0.5) is 4.39 Å². The molecule has 0 aliphatic rings. The van der Waals surface area contributed by atoms with Crippen molar-refractivity contribution in [3.8, 4) is 34.0 Å². The van der Waals surface area contributed by atoms with Crippen LogP contribution in [0.1, 0.15) is 8.80 Å². The van der Waals surface area contributed by atoms with Crippen molar-refractivity contribution in [1.29, 1.82) is 0 Å². The summed E-state index contributed by atoms with van der Waals surface area (Å²) in [5.74, 6) is 0.478. The molecule has 0 aliphatic carbocycles. The van der Waals surface area contributed by atoms with Crippen molar-refractivity contribution in [2.75, 3.05) is 7.15 Å². The molecule has 2 aromatic heterocycles. The summed E-state index contributed by atoms with van der Waals surface area (Å²) < 4.78 is 17.3. The van der Waals surface area contributed by atoms with Crippen molar-refractivity contribution in [3.05, 3.63) is 105 Å². The Kier molecular flexibility index (Phi) is 9.50. The van der Waals surface area contributed by atoms with Gasteiger partial charge < -0.3 is 20.2 Å². The first-order chi connectivity index (χ1) is 18.3. The topological polar surface area (TPSA) is 72.0 Å². The smallest absolute Gasteiger partial charge is 0.125 e. The van der Waals surface area contributed by atoms with Gasteiger partial charge in [0.25, 0.3) is 0 Å². The third-order valence-electron chi connectivity index (χ3n) is 5.65. The second kappa shape index (κ2) is 13.0. The van der Waals surface area contributed by atoms with Crippen LogP contribution in [0, 0.1) is 0 Å². The van der Waals surface area contributed by atoms with Crippen LogP contribution in [0.2, 0.25) is 5.02 Å². The Morgan fingerprint density at radius 2 is 1.32 bits per heavy atom. The summed E-state index contributed by atoms with van der Waals surface area (Å²) in [4.78, 5) is 6.53. The molecule has 196 valence electrons. The number of H-pyrrole nitrogens is 2. The number of benzene rings is 4. The van der Waals surface area contributed by atoms with Gasteiger partial charge in [0.2, 0.25) is 0 Å². The van der Waals surface area contributed by atoms with E-state index in [1.807, 2.05) is 72.8 Å². The Morgan fingerprint density at radius 1 is 0.763 bits per heavy atom. The highest BCUT2D eigenvalue weighted by Crippen LogP contribution is 2.39. The summed E-state index contributed by atoms with van der Waals surface area (Å²) >= 11 is 13.2. The summed E-state index contributed by atoms with van der Waals surface area (Å²) in [6.45, 7) is 0. The zero-order valence-corrected chi connectivity index (χ0v) is 23.2. The Labute approximate surface area is 243 Å². The summed E-state index contributed by atoms with van der Waals surface area (Å²) in [5.41, 5.74) is 5.17. The van der Waals surface area contributed by atoms with Crippen LogP contribution in [-0.2, 0) is 0 Å². The molecule has 0 bridgehead atoms. The highest BCUT2D eigenvalue weighted by atomic mass is 79.9. The van der Waals surface area contributed by atoms with Gasteiger partial charge in [-0.15, -0.1) is 0 Å². The van der Waals surface area contributed by atoms with Gasteiger partial charge in [-0.3, -0.25) is 4.39 Å². The van der Waals surface area contributed by atoms with E-state index in [9.17, 15) is 14.6 Å². The number of halogens is 4. The van der Waals surface area contributed by atoms with Gasteiger partial charge >= 0.3 is 0 Å². The van der Waals surface area contributed by atoms with E-state index in [1.54, 1.807) is 18.2 Å². The van der Waals surface area contributed by atoms with Crippen molar-refractivity contribution in [2.45, 2.75) is 7.43 Å². The second-order valence-corrected chi connectivity index (χ2v) is 10.2. The third-order valence-corrected chi connectivity index (χ3v) is 7.03. The maximum absolute atomic E-state index is 9.96. The zero-order valence-electron chi connectivity index (χ0n) is 20.3. The molecule has 6 aromatic rings. The lowest BCUT2D eigenvalue weighted by Crippen LogP contribution is -1.80. The van der Waals surface area contributed by atoms with Crippen LogP contribution in [0.3, 0.4) is 0 Å². The van der Waals surface area contributed by atoms with Crippen molar-refractivity contribution in [3.63, 3.8) is 0 Å². The van der Waals surface area contributed by atoms with Crippen LogP contribution < -0.4 is 0 Å². The maximum atomic E-state index is 9.96. The molecule has 2 heterocycles. The van der Waals surface area contributed by atoms with Gasteiger partial charge in [0.05, 0.1) is 24.9 Å². The first kappa shape index (κ1) is 27.8. The third kappa shape index (κ3) is 6.23. The Balaban J connectivity index is 0.000000192. The fourth-order valence-corrected chi connectivity index (χ4v) is 4.98. The number of aromatic nitrogens is 2. The van der Waals surface area contributed by atoms with Crippen LogP contribution >= 0.6 is 43.5 Å². The van der Waals surface area contributed by atoms with Crippen molar-refractivity contribution < 1.29 is 16.0 Å². The minimum Gasteiger partial charge on any atom is -0.507 e. The molecule has 0 radical (unpaired) electrons. The van der Waals surface area contributed by atoms with E-state index in [0.29, 0.717) is 10.6 Å². The van der Waals surface area contributed by atoms with Crippen LogP contribution in [0.5, 0.6) is 11.5 Å². The van der Waals surface area contributed by atoms with Gasteiger partial charge in [0.1, 0.15) is 11.5 Å². The minimum atomic E-state index is -1.00. The molecule has 0 aliphatic heterocycles. The lowest BCUT2D eigenvalue weighted by Gasteiger charge is -2.03. The summed E-state index contributed by atoms with van der Waals surface area (Å²) in [5, 5.41) is 22.5. The lowest BCUT2D eigenvalue weighted by molar-refractivity contribution is 0.476. The molecule has 6 rings (SSSR count). The van der Waals surface area contributed by atoms with E-state index in [0.717, 1.165) is 47.7 Å². The molecule has 4 nitrogen and oxygen atoms in total. The number of nitrogens with one attached hydrogen (secondary N) is 2. The molecule has 0 unspecified atom stereocenters. The molecule has 38 heavy (non-hydrogen) atoms. The molecular weight excluding hydrogens is 635 g/mol. The van der Waals surface area contributed by atoms with E-state index in [2.05, 4.69) is 41.8 Å². The predicted molar refractivity (Wildman–Crippen MR) is 165 cm³/mol. The van der Waals surface area contributed by atoms with E-state index >= 15 is 0 Å². The standard InChI is InChI=1S/C14H9BrClNO.C14H10BrNO.CH3F.CH4/c15-8-5-6-12(18)10(7-8)14-13(16)9-3-1-2-4-11(9)17-14;15-10-5-6-14(17)11(8-10)13-7-9-3-1-2-4-12(9)16-13;1-2;/h1-7,17-18H;1-8,16-17H;1H3;1H4/i;;1D;. The van der Waals surface area contributed by atoms with Gasteiger partial charge in [-0.05, 0) is 54.6 Å². The van der Waals surface area contributed by atoms with E-state index in [1.165, 1.54) is 0 Å². The van der Waals surface area contributed by atoms with Crippen LogP contribution in [0.15, 0.2) is 99.9 Å². The summed E-state index contributed by atoms with van der Waals surface area (Å²) in [6.07, 6.45) is 0. The van der Waals surface area contributed by atoms with Gasteiger partial charge in [-0.1, -0.05) is 87.3 Å². The molecule has 0 saturated carbocycles. The number of hydrogen-bond donors (Lipinski definition) is 4. The monoisotopic (exact) mass is 659 g/mol. The van der Waals surface area contributed by atoms with Crippen LogP contribution in [-0.4, -0.2) is 27.3 Å². The molecule has 0 amide bonds. The summed E-state index contributed by atoms with van der Waals surface area (Å²) in [7, 11) is -1.00. The van der Waals surface area contributed by atoms with E-state index in [4.69, 9.17) is 13.0 Å². The normalized spacial score (nSPS) is 10.6. The molecular formula is C30H26Br2ClFN2O2. The molecule has 0 fully saturated rings. The van der Waals surface area contributed by atoms with Crippen molar-refractivity contribution >= 4 is 65.3 Å². The highest BCUT2D eigenvalue weighted by molar-refractivity contribution is 9.10. The number of aromatic amines is 2. The number of fused-ring (bicyclic) bond motifs is 2. The van der Waals surface area contributed by atoms with Gasteiger partial charge in [-0.2, -0.15) is 0 Å². The molecule has 8 heteroatoms. The zero-order chi connectivity index (χ0) is 27.2. The number of phenolic OH excluding ortho intramolecular Hbond substituents is 2. The molecule has 0 saturated heterocycles. The first-order valence-electron chi connectivity index (χ1n) is 11.7. The molecule has 4 aromatic carbocycles. The quantitative estimate of drug-likeness (QED) is 0.149. The highest BCUT2D eigenvalue weighted by Gasteiger charge is 2.14. The Morgan fingerprint density at radius 3 is 1.95 bits per heavy atom. The van der Waals surface area contributed by atoms with Gasteiger partial charge in [0.15, 0.2) is 0 Å². The molecule has 0 atom stereocenters. The maximum Gasteiger partial charge on any atom is 0.125 e. The number of rotatable bonds is 2. The van der Waals surface area contributed by atoms with Crippen molar-refractivity contribution in [2.24, 2.45) is 0 Å².